The van der Waals surface area contributed by atoms with Crippen molar-refractivity contribution < 1.29 is 19.2 Å². The molecule has 3 rings (SSSR count). The largest absolute Gasteiger partial charge is 0.342 e. The van der Waals surface area contributed by atoms with E-state index in [1.807, 2.05) is 27.7 Å². The number of amides is 5. The molecule has 3 fully saturated rings. The normalized spacial score (nSPS) is 24.6. The molecule has 0 aromatic rings. The Bertz CT molecular complexity index is 682. The van der Waals surface area contributed by atoms with Crippen LogP contribution in [0.5, 0.6) is 0 Å². The number of nitrogens with zero attached hydrogens (tertiary/aromatic N) is 3. The summed E-state index contributed by atoms with van der Waals surface area (Å²) < 4.78 is 0. The molecule has 3 aliphatic rings. The monoisotopic (exact) mass is 406 g/mol. The number of nitrogens with one attached hydrogen (secondary N) is 1. The van der Waals surface area contributed by atoms with Gasteiger partial charge in [-0.05, 0) is 31.6 Å². The molecule has 8 nitrogen and oxygen atoms in total. The van der Waals surface area contributed by atoms with E-state index in [9.17, 15) is 19.2 Å². The van der Waals surface area contributed by atoms with Gasteiger partial charge in [-0.25, -0.2) is 4.79 Å². The highest BCUT2D eigenvalue weighted by molar-refractivity contribution is 6.07. The van der Waals surface area contributed by atoms with E-state index in [-0.39, 0.29) is 41.6 Å². The van der Waals surface area contributed by atoms with Crippen LogP contribution in [-0.2, 0) is 14.4 Å². The van der Waals surface area contributed by atoms with Crippen molar-refractivity contribution in [3.8, 4) is 0 Å². The maximum Gasteiger partial charge on any atom is 0.325 e. The number of imide groups is 1. The first kappa shape index (κ1) is 21.6. The number of likely N-dealkylation sites (tertiary alicyclic amines) is 2. The van der Waals surface area contributed by atoms with Gasteiger partial charge in [0.05, 0.1) is 6.04 Å². The van der Waals surface area contributed by atoms with Gasteiger partial charge in [-0.15, -0.1) is 0 Å². The van der Waals surface area contributed by atoms with E-state index in [1.165, 1.54) is 4.90 Å². The zero-order chi connectivity index (χ0) is 21.3. The second-order valence-electron chi connectivity index (χ2n) is 9.40. The van der Waals surface area contributed by atoms with E-state index in [0.29, 0.717) is 45.4 Å². The van der Waals surface area contributed by atoms with Crippen molar-refractivity contribution in [3.63, 3.8) is 0 Å². The molecule has 3 aliphatic heterocycles. The third kappa shape index (κ3) is 4.26. The van der Waals surface area contributed by atoms with Crippen LogP contribution in [-0.4, -0.2) is 76.2 Å². The third-order valence-corrected chi connectivity index (χ3v) is 6.31. The first-order valence-electron chi connectivity index (χ1n) is 10.9. The Morgan fingerprint density at radius 3 is 2.31 bits per heavy atom. The fraction of sp³-hybridized carbons (Fsp3) is 0.810. The summed E-state index contributed by atoms with van der Waals surface area (Å²) in [5.74, 6) is 0.182. The van der Waals surface area contributed by atoms with Gasteiger partial charge >= 0.3 is 6.03 Å². The Morgan fingerprint density at radius 2 is 1.72 bits per heavy atom. The molecule has 0 aliphatic carbocycles. The van der Waals surface area contributed by atoms with Crippen molar-refractivity contribution in [1.29, 1.82) is 0 Å². The van der Waals surface area contributed by atoms with Gasteiger partial charge < -0.3 is 15.1 Å². The number of hydrogen-bond acceptors (Lipinski definition) is 4. The second-order valence-corrected chi connectivity index (χ2v) is 9.40. The summed E-state index contributed by atoms with van der Waals surface area (Å²) in [6.07, 6.45) is 2.87. The zero-order valence-electron chi connectivity index (χ0n) is 18.1. The fourth-order valence-corrected chi connectivity index (χ4v) is 4.66. The van der Waals surface area contributed by atoms with E-state index in [0.717, 1.165) is 12.8 Å². The molecule has 0 saturated carbocycles. The maximum atomic E-state index is 13.3. The van der Waals surface area contributed by atoms with Crippen LogP contribution in [0.2, 0.25) is 0 Å². The SMILES string of the molecule is CC(C)CC(=O)N1CCC[C@H](N2C(=O)NC3(CCN(C(=O)C(C)C)CC3)C2=O)C1. The Balaban J connectivity index is 1.66. The summed E-state index contributed by atoms with van der Waals surface area (Å²) in [5.41, 5.74) is -0.908. The van der Waals surface area contributed by atoms with E-state index in [4.69, 9.17) is 0 Å². The van der Waals surface area contributed by atoms with Gasteiger partial charge in [0.1, 0.15) is 5.54 Å². The Labute approximate surface area is 172 Å². The van der Waals surface area contributed by atoms with Crippen LogP contribution in [0.1, 0.15) is 59.8 Å². The van der Waals surface area contributed by atoms with Crippen molar-refractivity contribution in [2.75, 3.05) is 26.2 Å². The summed E-state index contributed by atoms with van der Waals surface area (Å²) in [4.78, 5) is 55.7. The molecular weight excluding hydrogens is 372 g/mol. The number of piperidine rings is 2. The first-order chi connectivity index (χ1) is 13.6. The standard InChI is InChI=1S/C21H34N4O4/c1-14(2)12-17(26)24-9-5-6-16(13-24)25-19(28)21(22-20(25)29)7-10-23(11-8-21)18(27)15(3)4/h14-16H,5-13H2,1-4H3,(H,22,29)/t16-/m0/s1. The molecule has 162 valence electrons. The van der Waals surface area contributed by atoms with E-state index in [1.54, 1.807) is 9.80 Å². The van der Waals surface area contributed by atoms with Crippen molar-refractivity contribution in [3.05, 3.63) is 0 Å². The van der Waals surface area contributed by atoms with Gasteiger partial charge in [-0.3, -0.25) is 19.3 Å². The van der Waals surface area contributed by atoms with Crippen LogP contribution < -0.4 is 5.32 Å². The summed E-state index contributed by atoms with van der Waals surface area (Å²) in [5, 5.41) is 2.93. The minimum Gasteiger partial charge on any atom is -0.342 e. The van der Waals surface area contributed by atoms with Crippen molar-refractivity contribution in [2.24, 2.45) is 11.8 Å². The predicted molar refractivity (Wildman–Crippen MR) is 108 cm³/mol. The lowest BCUT2D eigenvalue weighted by atomic mass is 9.86. The topological polar surface area (TPSA) is 90.0 Å². The molecule has 1 N–H and O–H groups in total. The number of carbonyl (C=O) groups excluding carboxylic acids is 4. The molecule has 0 aromatic heterocycles. The quantitative estimate of drug-likeness (QED) is 0.718. The molecule has 0 bridgehead atoms. The van der Waals surface area contributed by atoms with Gasteiger partial charge in [0.15, 0.2) is 0 Å². The highest BCUT2D eigenvalue weighted by Gasteiger charge is 2.54. The van der Waals surface area contributed by atoms with Crippen molar-refractivity contribution in [1.82, 2.24) is 20.0 Å². The molecular formula is C21H34N4O4. The van der Waals surface area contributed by atoms with Gasteiger partial charge in [0.25, 0.3) is 5.91 Å². The second kappa shape index (κ2) is 8.32. The predicted octanol–water partition coefficient (Wildman–Crippen LogP) is 1.59. The molecule has 29 heavy (non-hydrogen) atoms. The summed E-state index contributed by atoms with van der Waals surface area (Å²) in [7, 11) is 0. The van der Waals surface area contributed by atoms with Crippen LogP contribution in [0.3, 0.4) is 0 Å². The molecule has 5 amide bonds. The van der Waals surface area contributed by atoms with E-state index in [2.05, 4.69) is 5.32 Å². The average molecular weight is 407 g/mol. The van der Waals surface area contributed by atoms with Crippen LogP contribution >= 0.6 is 0 Å². The van der Waals surface area contributed by atoms with Crippen LogP contribution in [0.25, 0.3) is 0 Å². The molecule has 1 atom stereocenters. The molecule has 0 aromatic carbocycles. The lowest BCUT2D eigenvalue weighted by molar-refractivity contribution is -0.142. The number of urea groups is 1. The maximum absolute atomic E-state index is 13.3. The number of hydrogen-bond donors (Lipinski definition) is 1. The zero-order valence-corrected chi connectivity index (χ0v) is 18.1. The lowest BCUT2D eigenvalue weighted by Crippen LogP contribution is -2.57. The van der Waals surface area contributed by atoms with Gasteiger partial charge in [-0.1, -0.05) is 27.7 Å². The van der Waals surface area contributed by atoms with Gasteiger partial charge in [0.2, 0.25) is 11.8 Å². The third-order valence-electron chi connectivity index (χ3n) is 6.31. The van der Waals surface area contributed by atoms with Crippen LogP contribution in [0.15, 0.2) is 0 Å². The molecule has 3 saturated heterocycles. The molecule has 0 radical (unpaired) electrons. The fourth-order valence-electron chi connectivity index (χ4n) is 4.66. The first-order valence-corrected chi connectivity index (χ1v) is 10.9. The molecule has 0 unspecified atom stereocenters. The van der Waals surface area contributed by atoms with E-state index >= 15 is 0 Å². The van der Waals surface area contributed by atoms with Crippen LogP contribution in [0, 0.1) is 11.8 Å². The Kier molecular flexibility index (Phi) is 6.19. The highest BCUT2D eigenvalue weighted by Crippen LogP contribution is 2.33. The van der Waals surface area contributed by atoms with Crippen LogP contribution in [0.4, 0.5) is 4.79 Å². The smallest absolute Gasteiger partial charge is 0.325 e. The average Bonchev–Trinajstić information content (AvgIpc) is 2.91. The lowest BCUT2D eigenvalue weighted by Gasteiger charge is -2.39. The van der Waals surface area contributed by atoms with Gasteiger partial charge in [-0.2, -0.15) is 0 Å². The van der Waals surface area contributed by atoms with Crippen molar-refractivity contribution in [2.45, 2.75) is 71.4 Å². The number of rotatable bonds is 4. The summed E-state index contributed by atoms with van der Waals surface area (Å²) >= 11 is 0. The minimum absolute atomic E-state index is 0.0778. The summed E-state index contributed by atoms with van der Waals surface area (Å²) in [6.45, 7) is 9.80. The molecule has 3 heterocycles. The molecule has 8 heteroatoms. The Morgan fingerprint density at radius 1 is 1.07 bits per heavy atom. The minimum atomic E-state index is -0.908. The summed E-state index contributed by atoms with van der Waals surface area (Å²) in [6, 6.07) is -0.635. The molecule has 1 spiro atoms. The van der Waals surface area contributed by atoms with Crippen molar-refractivity contribution >= 4 is 23.8 Å². The Hall–Kier alpha value is -2.12. The number of carbonyl (C=O) groups is 4. The highest BCUT2D eigenvalue weighted by atomic mass is 16.2. The van der Waals surface area contributed by atoms with Gasteiger partial charge in [0, 0.05) is 38.5 Å². The van der Waals surface area contributed by atoms with E-state index < -0.39 is 5.54 Å².